The van der Waals surface area contributed by atoms with Gasteiger partial charge in [0.1, 0.15) is 5.82 Å². The number of nitrogens with one attached hydrogen (secondary N) is 1. The van der Waals surface area contributed by atoms with Crippen molar-refractivity contribution in [2.24, 2.45) is 0 Å². The highest BCUT2D eigenvalue weighted by Crippen LogP contribution is 2.30. The van der Waals surface area contributed by atoms with Crippen LogP contribution in [-0.2, 0) is 17.5 Å². The topological polar surface area (TPSA) is 21.3 Å². The van der Waals surface area contributed by atoms with Crippen LogP contribution < -0.4 is 5.32 Å². The van der Waals surface area contributed by atoms with Crippen molar-refractivity contribution in [1.82, 2.24) is 5.32 Å². The van der Waals surface area contributed by atoms with Gasteiger partial charge in [0.15, 0.2) is 0 Å². The summed E-state index contributed by atoms with van der Waals surface area (Å²) in [5, 5.41) is 2.97. The largest absolute Gasteiger partial charge is 0.416 e. The van der Waals surface area contributed by atoms with E-state index in [-0.39, 0.29) is 18.3 Å². The molecule has 2 nitrogen and oxygen atoms in total. The van der Waals surface area contributed by atoms with Crippen molar-refractivity contribution in [3.63, 3.8) is 0 Å². The zero-order chi connectivity index (χ0) is 14.5. The molecule has 0 atom stereocenters. The summed E-state index contributed by atoms with van der Waals surface area (Å²) in [4.78, 5) is 0. The Hall–Kier alpha value is -1.14. The van der Waals surface area contributed by atoms with Gasteiger partial charge in [-0.3, -0.25) is 0 Å². The molecule has 1 aliphatic heterocycles. The summed E-state index contributed by atoms with van der Waals surface area (Å²) in [5.41, 5.74) is -0.839. The maximum Gasteiger partial charge on any atom is 0.416 e. The summed E-state index contributed by atoms with van der Waals surface area (Å²) in [6.07, 6.45) is -4.49. The fourth-order valence-electron chi connectivity index (χ4n) is 1.43. The maximum absolute atomic E-state index is 13.4. The second kappa shape index (κ2) is 6.86. The molecule has 1 heterocycles. The molecule has 2 rings (SSSR count). The van der Waals surface area contributed by atoms with Gasteiger partial charge in [0, 0.05) is 18.7 Å². The lowest BCUT2D eigenvalue weighted by Gasteiger charge is -2.27. The molecule has 0 saturated carbocycles. The van der Waals surface area contributed by atoms with Crippen LogP contribution in [0.5, 0.6) is 0 Å². The lowest BCUT2D eigenvalue weighted by atomic mass is 10.1. The highest BCUT2D eigenvalue weighted by Gasteiger charge is 2.31. The molecular weight excluding hydrogens is 262 g/mol. The minimum atomic E-state index is -4.52. The molecule has 108 valence electrons. The highest BCUT2D eigenvalue weighted by atomic mass is 19.4. The van der Waals surface area contributed by atoms with Gasteiger partial charge < -0.3 is 10.1 Å². The van der Waals surface area contributed by atoms with Gasteiger partial charge in [0.05, 0.1) is 18.3 Å². The minimum Gasteiger partial charge on any atom is -0.371 e. The number of halogens is 4. The molecule has 0 bridgehead atoms. The van der Waals surface area contributed by atoms with Crippen LogP contribution in [0, 0.1) is 5.82 Å². The van der Waals surface area contributed by atoms with Crippen molar-refractivity contribution in [3.8, 4) is 0 Å². The molecule has 1 saturated heterocycles. The first-order valence-corrected chi connectivity index (χ1v) is 6.15. The Morgan fingerprint density at radius 1 is 1.26 bits per heavy atom. The van der Waals surface area contributed by atoms with Crippen molar-refractivity contribution in [1.29, 1.82) is 0 Å². The van der Waals surface area contributed by atoms with Crippen molar-refractivity contribution >= 4 is 0 Å². The Bertz CT molecular complexity index is 402. The molecule has 6 heteroatoms. The van der Waals surface area contributed by atoms with E-state index in [0.717, 1.165) is 12.1 Å². The Kier molecular flexibility index (Phi) is 5.75. The number of ether oxygens (including phenoxy) is 1. The quantitative estimate of drug-likeness (QED) is 0.857. The normalized spacial score (nSPS) is 15.5. The number of benzene rings is 1. The van der Waals surface area contributed by atoms with Gasteiger partial charge in [-0.2, -0.15) is 13.2 Å². The smallest absolute Gasteiger partial charge is 0.371 e. The number of rotatable bonds is 3. The first-order valence-electron chi connectivity index (χ1n) is 6.15. The fraction of sp³-hybridized carbons (Fsp3) is 0.538. The van der Waals surface area contributed by atoms with Crippen LogP contribution >= 0.6 is 0 Å². The number of hydrogen-bond donors (Lipinski definition) is 1. The Balaban J connectivity index is 0.000000861. The fourth-order valence-corrected chi connectivity index (χ4v) is 1.43. The van der Waals surface area contributed by atoms with Gasteiger partial charge in [-0.25, -0.2) is 4.39 Å². The second-order valence-electron chi connectivity index (χ2n) is 3.90. The minimum absolute atomic E-state index is 0.00365. The number of alkyl halides is 3. The third-order valence-corrected chi connectivity index (χ3v) is 2.60. The van der Waals surface area contributed by atoms with Crippen molar-refractivity contribution < 1.29 is 22.3 Å². The van der Waals surface area contributed by atoms with Crippen LogP contribution in [0.4, 0.5) is 17.6 Å². The summed E-state index contributed by atoms with van der Waals surface area (Å²) in [7, 11) is 0. The van der Waals surface area contributed by atoms with Crippen LogP contribution in [0.2, 0.25) is 0 Å². The van der Waals surface area contributed by atoms with E-state index in [0.29, 0.717) is 19.2 Å². The summed E-state index contributed by atoms with van der Waals surface area (Å²) in [6, 6.07) is 2.47. The van der Waals surface area contributed by atoms with E-state index in [1.165, 1.54) is 0 Å². The second-order valence-corrected chi connectivity index (χ2v) is 3.90. The Labute approximate surface area is 109 Å². The monoisotopic (exact) mass is 279 g/mol. The zero-order valence-corrected chi connectivity index (χ0v) is 10.9. The van der Waals surface area contributed by atoms with Crippen molar-refractivity contribution in [2.75, 3.05) is 13.1 Å². The average molecular weight is 279 g/mol. The molecule has 19 heavy (non-hydrogen) atoms. The van der Waals surface area contributed by atoms with Gasteiger partial charge in [-0.15, -0.1) is 0 Å². The molecule has 1 N–H and O–H groups in total. The summed E-state index contributed by atoms with van der Waals surface area (Å²) in [5.74, 6) is -0.882. The molecule has 1 fully saturated rings. The van der Waals surface area contributed by atoms with Gasteiger partial charge in [0.2, 0.25) is 0 Å². The van der Waals surface area contributed by atoms with Crippen molar-refractivity contribution in [3.05, 3.63) is 35.1 Å². The standard InChI is InChI=1S/C11H11F4NO.C2H6/c12-10-3-8(11(13,14)15)2-1-7(10)6-17-9-4-16-5-9;1-2/h1-3,9,16H,4-6H2;1-2H3. The Morgan fingerprint density at radius 3 is 2.32 bits per heavy atom. The molecular formula is C13H17F4NO. The Morgan fingerprint density at radius 2 is 1.89 bits per heavy atom. The predicted molar refractivity (Wildman–Crippen MR) is 64.2 cm³/mol. The van der Waals surface area contributed by atoms with E-state index in [2.05, 4.69) is 5.32 Å². The molecule has 0 amide bonds. The first kappa shape index (κ1) is 15.9. The van der Waals surface area contributed by atoms with E-state index < -0.39 is 17.6 Å². The molecule has 1 aromatic rings. The molecule has 1 aromatic carbocycles. The van der Waals surface area contributed by atoms with Crippen LogP contribution in [0.3, 0.4) is 0 Å². The number of hydrogen-bond acceptors (Lipinski definition) is 2. The summed E-state index contributed by atoms with van der Waals surface area (Å²) >= 11 is 0. The van der Waals surface area contributed by atoms with Crippen LogP contribution in [-0.4, -0.2) is 19.2 Å². The molecule has 0 unspecified atom stereocenters. The van der Waals surface area contributed by atoms with Gasteiger partial charge in [0.25, 0.3) is 0 Å². The third-order valence-electron chi connectivity index (χ3n) is 2.60. The highest BCUT2D eigenvalue weighted by molar-refractivity contribution is 5.25. The van der Waals surface area contributed by atoms with E-state index in [1.807, 2.05) is 13.8 Å². The van der Waals surface area contributed by atoms with Gasteiger partial charge >= 0.3 is 6.18 Å². The van der Waals surface area contributed by atoms with Crippen LogP contribution in [0.1, 0.15) is 25.0 Å². The van der Waals surface area contributed by atoms with E-state index in [9.17, 15) is 17.6 Å². The lowest BCUT2D eigenvalue weighted by Crippen LogP contribution is -2.48. The van der Waals surface area contributed by atoms with Crippen LogP contribution in [0.15, 0.2) is 18.2 Å². The maximum atomic E-state index is 13.4. The molecule has 0 spiro atoms. The van der Waals surface area contributed by atoms with E-state index in [1.54, 1.807) is 0 Å². The van der Waals surface area contributed by atoms with E-state index in [4.69, 9.17) is 4.74 Å². The molecule has 0 aromatic heterocycles. The van der Waals surface area contributed by atoms with Crippen molar-refractivity contribution in [2.45, 2.75) is 32.7 Å². The molecule has 1 aliphatic rings. The van der Waals surface area contributed by atoms with E-state index >= 15 is 0 Å². The third kappa shape index (κ3) is 4.47. The van der Waals surface area contributed by atoms with Gasteiger partial charge in [-0.05, 0) is 12.1 Å². The molecule has 0 aliphatic carbocycles. The SMILES string of the molecule is CC.Fc1cc(C(F)(F)F)ccc1COC1CNC1. The summed E-state index contributed by atoms with van der Waals surface area (Å²) < 4.78 is 55.5. The van der Waals surface area contributed by atoms with Crippen LogP contribution in [0.25, 0.3) is 0 Å². The zero-order valence-electron chi connectivity index (χ0n) is 10.9. The summed E-state index contributed by atoms with van der Waals surface area (Å²) in [6.45, 7) is 5.39. The predicted octanol–water partition coefficient (Wildman–Crippen LogP) is 3.36. The molecule has 0 radical (unpaired) electrons. The lowest BCUT2D eigenvalue weighted by molar-refractivity contribution is -0.137. The average Bonchev–Trinajstić information content (AvgIpc) is 2.30. The first-order chi connectivity index (χ1) is 8.97. The van der Waals surface area contributed by atoms with Gasteiger partial charge in [-0.1, -0.05) is 19.9 Å².